The van der Waals surface area contributed by atoms with Crippen LogP contribution in [-0.2, 0) is 4.79 Å². The number of aliphatic carboxylic acids is 1. The van der Waals surface area contributed by atoms with Gasteiger partial charge in [0.25, 0.3) is 0 Å². The molecule has 2 fully saturated rings. The maximum absolute atomic E-state index is 12.1. The number of carboxylic acids is 1. The van der Waals surface area contributed by atoms with Gasteiger partial charge in [0.05, 0.1) is 11.5 Å². The lowest BCUT2D eigenvalue weighted by Crippen LogP contribution is -2.50. The zero-order valence-electron chi connectivity index (χ0n) is 12.7. The lowest BCUT2D eigenvalue weighted by Gasteiger charge is -2.37. The summed E-state index contributed by atoms with van der Waals surface area (Å²) in [6.45, 7) is 3.41. The van der Waals surface area contributed by atoms with E-state index >= 15 is 0 Å². The van der Waals surface area contributed by atoms with Gasteiger partial charge < -0.3 is 20.4 Å². The van der Waals surface area contributed by atoms with E-state index in [0.717, 1.165) is 12.8 Å². The molecule has 3 N–H and O–H groups in total. The van der Waals surface area contributed by atoms with Crippen LogP contribution in [-0.4, -0.2) is 52.9 Å². The molecule has 1 heterocycles. The SMILES string of the molecule is CC1CCC(CNC(=O)N2CCC(O)CC2)(C(=O)O)CC1. The Labute approximate surface area is 125 Å². The minimum absolute atomic E-state index is 0.201. The van der Waals surface area contributed by atoms with Crippen LogP contribution < -0.4 is 5.32 Å². The van der Waals surface area contributed by atoms with Crippen molar-refractivity contribution in [1.82, 2.24) is 10.2 Å². The van der Waals surface area contributed by atoms with Crippen LogP contribution in [0, 0.1) is 11.3 Å². The van der Waals surface area contributed by atoms with Crippen LogP contribution in [0.2, 0.25) is 0 Å². The number of carbonyl (C=O) groups is 2. The molecule has 1 saturated heterocycles. The summed E-state index contributed by atoms with van der Waals surface area (Å²) in [6.07, 6.45) is 3.92. The zero-order valence-corrected chi connectivity index (χ0v) is 12.7. The third-order valence-electron chi connectivity index (χ3n) is 5.01. The average molecular weight is 298 g/mol. The first-order valence-corrected chi connectivity index (χ1v) is 7.87. The summed E-state index contributed by atoms with van der Waals surface area (Å²) < 4.78 is 0. The van der Waals surface area contributed by atoms with E-state index in [9.17, 15) is 19.8 Å². The Morgan fingerprint density at radius 1 is 1.19 bits per heavy atom. The van der Waals surface area contributed by atoms with Crippen LogP contribution in [0.4, 0.5) is 4.79 Å². The monoisotopic (exact) mass is 298 g/mol. The highest BCUT2D eigenvalue weighted by molar-refractivity contribution is 5.78. The number of piperidine rings is 1. The van der Waals surface area contributed by atoms with Gasteiger partial charge in [-0.25, -0.2) is 4.79 Å². The molecule has 1 saturated carbocycles. The van der Waals surface area contributed by atoms with Crippen LogP contribution in [0.25, 0.3) is 0 Å². The molecule has 1 aliphatic carbocycles. The maximum Gasteiger partial charge on any atom is 0.317 e. The number of rotatable bonds is 3. The van der Waals surface area contributed by atoms with E-state index in [4.69, 9.17) is 0 Å². The standard InChI is InChI=1S/C15H26N2O4/c1-11-2-6-15(7-3-11,13(19)20)10-16-14(21)17-8-4-12(18)5-9-17/h11-12,18H,2-10H2,1H3,(H,16,21)(H,19,20). The maximum atomic E-state index is 12.1. The number of hydrogen-bond acceptors (Lipinski definition) is 3. The lowest BCUT2D eigenvalue weighted by atomic mass is 9.71. The van der Waals surface area contributed by atoms with Crippen molar-refractivity contribution >= 4 is 12.0 Å². The van der Waals surface area contributed by atoms with Crippen molar-refractivity contribution in [1.29, 1.82) is 0 Å². The van der Waals surface area contributed by atoms with Gasteiger partial charge in [0.15, 0.2) is 0 Å². The topological polar surface area (TPSA) is 89.9 Å². The number of urea groups is 1. The molecule has 2 amide bonds. The normalized spacial score (nSPS) is 31.0. The third-order valence-corrected chi connectivity index (χ3v) is 5.01. The van der Waals surface area contributed by atoms with E-state index in [-0.39, 0.29) is 18.7 Å². The fraction of sp³-hybridized carbons (Fsp3) is 0.867. The average Bonchev–Trinajstić information content (AvgIpc) is 2.47. The molecular weight excluding hydrogens is 272 g/mol. The second-order valence-electron chi connectivity index (χ2n) is 6.64. The summed E-state index contributed by atoms with van der Waals surface area (Å²) in [5.41, 5.74) is -0.808. The van der Waals surface area contributed by atoms with Gasteiger partial charge in [-0.3, -0.25) is 4.79 Å². The van der Waals surface area contributed by atoms with Crippen LogP contribution >= 0.6 is 0 Å². The van der Waals surface area contributed by atoms with E-state index in [2.05, 4.69) is 12.2 Å². The number of carbonyl (C=O) groups excluding carboxylic acids is 1. The van der Waals surface area contributed by atoms with Crippen molar-refractivity contribution in [3.8, 4) is 0 Å². The van der Waals surface area contributed by atoms with Crippen molar-refractivity contribution in [2.45, 2.75) is 51.6 Å². The number of carboxylic acid groups (broad SMARTS) is 1. The molecule has 1 aliphatic heterocycles. The van der Waals surface area contributed by atoms with Gasteiger partial charge >= 0.3 is 12.0 Å². The number of hydrogen-bond donors (Lipinski definition) is 3. The molecule has 0 spiro atoms. The molecule has 120 valence electrons. The van der Waals surface area contributed by atoms with Gasteiger partial charge in [0.1, 0.15) is 0 Å². The quantitative estimate of drug-likeness (QED) is 0.735. The molecule has 6 heteroatoms. The molecule has 21 heavy (non-hydrogen) atoms. The molecular formula is C15H26N2O4. The van der Waals surface area contributed by atoms with Gasteiger partial charge in [-0.1, -0.05) is 6.92 Å². The number of aliphatic hydroxyl groups excluding tert-OH is 1. The molecule has 6 nitrogen and oxygen atoms in total. The number of nitrogens with one attached hydrogen (secondary N) is 1. The second kappa shape index (κ2) is 6.64. The minimum atomic E-state index is -0.808. The Hall–Kier alpha value is -1.30. The highest BCUT2D eigenvalue weighted by Gasteiger charge is 2.41. The first-order chi connectivity index (χ1) is 9.93. The Bertz CT molecular complexity index is 383. The number of aliphatic hydroxyl groups is 1. The van der Waals surface area contributed by atoms with Crippen molar-refractivity contribution in [2.24, 2.45) is 11.3 Å². The molecule has 0 aromatic carbocycles. The number of nitrogens with zero attached hydrogens (tertiary/aromatic N) is 1. The van der Waals surface area contributed by atoms with E-state index in [0.29, 0.717) is 44.7 Å². The molecule has 0 atom stereocenters. The fourth-order valence-corrected chi connectivity index (χ4v) is 3.21. The van der Waals surface area contributed by atoms with Crippen molar-refractivity contribution < 1.29 is 19.8 Å². The van der Waals surface area contributed by atoms with E-state index in [1.165, 1.54) is 0 Å². The third kappa shape index (κ3) is 3.87. The summed E-state index contributed by atoms with van der Waals surface area (Å²) in [4.78, 5) is 25.4. The Morgan fingerprint density at radius 2 is 1.76 bits per heavy atom. The zero-order chi connectivity index (χ0) is 15.5. The molecule has 0 bridgehead atoms. The smallest absolute Gasteiger partial charge is 0.317 e. The predicted molar refractivity (Wildman–Crippen MR) is 77.9 cm³/mol. The van der Waals surface area contributed by atoms with Gasteiger partial charge in [-0.15, -0.1) is 0 Å². The summed E-state index contributed by atoms with van der Waals surface area (Å²) in [7, 11) is 0. The van der Waals surface area contributed by atoms with Crippen molar-refractivity contribution in [3.63, 3.8) is 0 Å². The largest absolute Gasteiger partial charge is 0.481 e. The summed E-state index contributed by atoms with van der Waals surface area (Å²) in [5, 5.41) is 21.8. The lowest BCUT2D eigenvalue weighted by molar-refractivity contribution is -0.151. The predicted octanol–water partition coefficient (Wildman–Crippen LogP) is 1.43. The fourth-order valence-electron chi connectivity index (χ4n) is 3.21. The van der Waals surface area contributed by atoms with Crippen LogP contribution in [0.15, 0.2) is 0 Å². The first-order valence-electron chi connectivity index (χ1n) is 7.87. The summed E-state index contributed by atoms with van der Waals surface area (Å²) >= 11 is 0. The van der Waals surface area contributed by atoms with Gasteiger partial charge in [-0.05, 0) is 44.4 Å². The molecule has 2 rings (SSSR count). The number of amides is 2. The summed E-state index contributed by atoms with van der Waals surface area (Å²) in [5.74, 6) is -0.236. The molecule has 0 unspecified atom stereocenters. The van der Waals surface area contributed by atoms with Gasteiger partial charge in [0, 0.05) is 19.6 Å². The van der Waals surface area contributed by atoms with Crippen molar-refractivity contribution in [3.05, 3.63) is 0 Å². The van der Waals surface area contributed by atoms with Crippen LogP contribution in [0.3, 0.4) is 0 Å². The molecule has 2 aliphatic rings. The first kappa shape index (κ1) is 16.1. The number of likely N-dealkylation sites (tertiary alicyclic amines) is 1. The highest BCUT2D eigenvalue weighted by Crippen LogP contribution is 2.38. The second-order valence-corrected chi connectivity index (χ2v) is 6.64. The highest BCUT2D eigenvalue weighted by atomic mass is 16.4. The van der Waals surface area contributed by atoms with Crippen molar-refractivity contribution in [2.75, 3.05) is 19.6 Å². The van der Waals surface area contributed by atoms with E-state index < -0.39 is 11.4 Å². The Balaban J connectivity index is 1.87. The van der Waals surface area contributed by atoms with Crippen LogP contribution in [0.5, 0.6) is 0 Å². The molecule has 0 aromatic rings. The summed E-state index contributed by atoms with van der Waals surface area (Å²) in [6, 6.07) is -0.207. The Kier molecular flexibility index (Phi) is 5.08. The van der Waals surface area contributed by atoms with E-state index in [1.807, 2.05) is 0 Å². The van der Waals surface area contributed by atoms with Gasteiger partial charge in [0.2, 0.25) is 0 Å². The molecule has 0 radical (unpaired) electrons. The Morgan fingerprint density at radius 3 is 2.29 bits per heavy atom. The van der Waals surface area contributed by atoms with Crippen LogP contribution in [0.1, 0.15) is 45.4 Å². The van der Waals surface area contributed by atoms with Gasteiger partial charge in [-0.2, -0.15) is 0 Å². The minimum Gasteiger partial charge on any atom is -0.481 e. The van der Waals surface area contributed by atoms with E-state index in [1.54, 1.807) is 4.90 Å². The molecule has 0 aromatic heterocycles.